The number of ether oxygens (including phenoxy) is 1. The van der Waals surface area contributed by atoms with E-state index in [1.807, 2.05) is 49.4 Å². The number of aromatic nitrogens is 1. The van der Waals surface area contributed by atoms with Gasteiger partial charge >= 0.3 is 0 Å². The van der Waals surface area contributed by atoms with Gasteiger partial charge in [-0.15, -0.1) is 0 Å². The number of carbonyl (C=O) groups excluding carboxylic acids is 1. The third-order valence-electron chi connectivity index (χ3n) is 4.51. The number of benzene rings is 2. The number of amides is 1. The average molecular weight is 414 g/mol. The zero-order chi connectivity index (χ0) is 19.7. The minimum Gasteiger partial charge on any atom is -0.480 e. The number of hydrogen-bond donors (Lipinski definition) is 0. The molecule has 28 heavy (non-hydrogen) atoms. The molecule has 0 saturated carbocycles. The van der Waals surface area contributed by atoms with Crippen LogP contribution in [0.5, 0.6) is 5.75 Å². The second kappa shape index (κ2) is 7.78. The Bertz CT molecular complexity index is 1080. The van der Waals surface area contributed by atoms with E-state index < -0.39 is 0 Å². The summed E-state index contributed by atoms with van der Waals surface area (Å²) in [6.07, 6.45) is 0.709. The summed E-state index contributed by atoms with van der Waals surface area (Å²) in [5.74, 6) is 0.113. The zero-order valence-corrected chi connectivity index (χ0v) is 16.7. The van der Waals surface area contributed by atoms with E-state index in [1.54, 1.807) is 6.07 Å². The van der Waals surface area contributed by atoms with Gasteiger partial charge in [0, 0.05) is 17.5 Å². The van der Waals surface area contributed by atoms with Crippen LogP contribution < -0.4 is 4.74 Å². The zero-order valence-electron chi connectivity index (χ0n) is 15.2. The van der Waals surface area contributed by atoms with Crippen LogP contribution in [0.25, 0.3) is 10.9 Å². The van der Waals surface area contributed by atoms with Gasteiger partial charge in [0.2, 0.25) is 0 Å². The Balaban J connectivity index is 1.53. The van der Waals surface area contributed by atoms with Gasteiger partial charge in [0.1, 0.15) is 5.52 Å². The highest BCUT2D eigenvalue weighted by atomic mass is 35.5. The molecule has 0 unspecified atom stereocenters. The van der Waals surface area contributed by atoms with Gasteiger partial charge in [0.05, 0.1) is 22.3 Å². The molecular formula is C21H17Cl2N3O2. The fourth-order valence-corrected chi connectivity index (χ4v) is 3.68. The maximum absolute atomic E-state index is 12.6. The standard InChI is InChI=1S/C21H17Cl2N3O2/c1-13-7-8-15-16(22)11-17(23)21(20(15)24-13)28-12-19(27)26-10-9-18(25-26)14-5-3-2-4-6-14/h2-8,11H,9-10,12H2,1H3. The molecule has 0 spiro atoms. The van der Waals surface area contributed by atoms with Crippen molar-refractivity contribution in [3.63, 3.8) is 0 Å². The number of aryl methyl sites for hydroxylation is 1. The van der Waals surface area contributed by atoms with Crippen molar-refractivity contribution in [2.24, 2.45) is 5.10 Å². The molecular weight excluding hydrogens is 397 g/mol. The first kappa shape index (κ1) is 18.7. The van der Waals surface area contributed by atoms with Crippen molar-refractivity contribution < 1.29 is 9.53 Å². The van der Waals surface area contributed by atoms with Crippen LogP contribution in [0.4, 0.5) is 0 Å². The number of nitrogens with zero attached hydrogens (tertiary/aromatic N) is 3. The number of pyridine rings is 1. The van der Waals surface area contributed by atoms with Gasteiger partial charge in [-0.3, -0.25) is 4.79 Å². The summed E-state index contributed by atoms with van der Waals surface area (Å²) in [6.45, 7) is 2.21. The van der Waals surface area contributed by atoms with Crippen molar-refractivity contribution in [1.29, 1.82) is 0 Å². The van der Waals surface area contributed by atoms with Crippen molar-refractivity contribution in [2.75, 3.05) is 13.2 Å². The molecule has 0 N–H and O–H groups in total. The van der Waals surface area contributed by atoms with E-state index in [9.17, 15) is 4.79 Å². The maximum Gasteiger partial charge on any atom is 0.280 e. The van der Waals surface area contributed by atoms with Crippen molar-refractivity contribution >= 4 is 45.7 Å². The summed E-state index contributed by atoms with van der Waals surface area (Å²) in [4.78, 5) is 17.1. The smallest absolute Gasteiger partial charge is 0.280 e. The molecule has 0 bridgehead atoms. The molecule has 0 saturated heterocycles. The monoisotopic (exact) mass is 413 g/mol. The second-order valence-corrected chi connectivity index (χ2v) is 7.30. The minimum absolute atomic E-state index is 0.183. The Kier molecular flexibility index (Phi) is 5.20. The van der Waals surface area contributed by atoms with E-state index >= 15 is 0 Å². The van der Waals surface area contributed by atoms with E-state index in [0.717, 1.165) is 22.4 Å². The molecule has 3 aromatic rings. The summed E-state index contributed by atoms with van der Waals surface area (Å²) in [6, 6.07) is 15.1. The topological polar surface area (TPSA) is 54.8 Å². The highest BCUT2D eigenvalue weighted by Crippen LogP contribution is 2.37. The first-order valence-electron chi connectivity index (χ1n) is 8.84. The van der Waals surface area contributed by atoms with Crippen LogP contribution in [-0.2, 0) is 4.79 Å². The van der Waals surface area contributed by atoms with Crippen LogP contribution in [0, 0.1) is 6.92 Å². The quantitative estimate of drug-likeness (QED) is 0.613. The predicted octanol–water partition coefficient (Wildman–Crippen LogP) is 4.87. The summed E-state index contributed by atoms with van der Waals surface area (Å²) in [5, 5.41) is 7.40. The van der Waals surface area contributed by atoms with Crippen molar-refractivity contribution in [3.8, 4) is 5.75 Å². The lowest BCUT2D eigenvalue weighted by molar-refractivity contribution is -0.132. The molecule has 2 aromatic carbocycles. The first-order chi connectivity index (χ1) is 13.5. The molecule has 2 heterocycles. The van der Waals surface area contributed by atoms with E-state index in [1.165, 1.54) is 5.01 Å². The predicted molar refractivity (Wildman–Crippen MR) is 111 cm³/mol. The van der Waals surface area contributed by atoms with Gasteiger partial charge in [-0.05, 0) is 30.7 Å². The highest BCUT2D eigenvalue weighted by molar-refractivity contribution is 6.39. The normalized spacial score (nSPS) is 13.7. The van der Waals surface area contributed by atoms with Gasteiger partial charge in [-0.1, -0.05) is 53.5 Å². The number of hydrazone groups is 1. The molecule has 4 rings (SSSR count). The minimum atomic E-state index is -0.238. The number of rotatable bonds is 4. The third kappa shape index (κ3) is 3.68. The van der Waals surface area contributed by atoms with Crippen molar-refractivity contribution in [3.05, 3.63) is 69.8 Å². The van der Waals surface area contributed by atoms with Crippen LogP contribution in [0.15, 0.2) is 53.6 Å². The molecule has 1 amide bonds. The lowest BCUT2D eigenvalue weighted by atomic mass is 10.1. The first-order valence-corrected chi connectivity index (χ1v) is 9.60. The van der Waals surface area contributed by atoms with Gasteiger partial charge in [0.15, 0.2) is 12.4 Å². The molecule has 5 nitrogen and oxygen atoms in total. The summed E-state index contributed by atoms with van der Waals surface area (Å²) < 4.78 is 5.76. The van der Waals surface area contributed by atoms with E-state index in [0.29, 0.717) is 34.3 Å². The summed E-state index contributed by atoms with van der Waals surface area (Å²) in [7, 11) is 0. The third-order valence-corrected chi connectivity index (χ3v) is 5.11. The fraction of sp³-hybridized carbons (Fsp3) is 0.190. The molecule has 0 atom stereocenters. The number of fused-ring (bicyclic) bond motifs is 1. The second-order valence-electron chi connectivity index (χ2n) is 6.49. The van der Waals surface area contributed by atoms with Crippen LogP contribution in [-0.4, -0.2) is 34.8 Å². The lowest BCUT2D eigenvalue weighted by Crippen LogP contribution is -2.29. The fourth-order valence-electron chi connectivity index (χ4n) is 3.11. The lowest BCUT2D eigenvalue weighted by Gasteiger charge is -2.15. The Labute approximate surface area is 172 Å². The molecule has 0 radical (unpaired) electrons. The Morgan fingerprint density at radius 3 is 2.71 bits per heavy atom. The number of hydrogen-bond acceptors (Lipinski definition) is 4. The SMILES string of the molecule is Cc1ccc2c(Cl)cc(Cl)c(OCC(=O)N3CCC(c4ccccc4)=N3)c2n1. The highest BCUT2D eigenvalue weighted by Gasteiger charge is 2.23. The molecule has 1 aromatic heterocycles. The van der Waals surface area contributed by atoms with Gasteiger partial charge < -0.3 is 4.74 Å². The molecule has 0 aliphatic carbocycles. The van der Waals surface area contributed by atoms with Crippen molar-refractivity contribution in [2.45, 2.75) is 13.3 Å². The summed E-state index contributed by atoms with van der Waals surface area (Å²) in [5.41, 5.74) is 3.25. The molecule has 1 aliphatic heterocycles. The molecule has 0 fully saturated rings. The van der Waals surface area contributed by atoms with E-state index in [-0.39, 0.29) is 12.5 Å². The Hall–Kier alpha value is -2.63. The molecule has 1 aliphatic rings. The Morgan fingerprint density at radius 2 is 1.93 bits per heavy atom. The van der Waals surface area contributed by atoms with Crippen LogP contribution in [0.1, 0.15) is 17.7 Å². The molecule has 142 valence electrons. The Morgan fingerprint density at radius 1 is 1.14 bits per heavy atom. The van der Waals surface area contributed by atoms with Gasteiger partial charge in [0.25, 0.3) is 5.91 Å². The summed E-state index contributed by atoms with van der Waals surface area (Å²) >= 11 is 12.6. The van der Waals surface area contributed by atoms with Crippen molar-refractivity contribution in [1.82, 2.24) is 9.99 Å². The van der Waals surface area contributed by atoms with Crippen LogP contribution in [0.2, 0.25) is 10.0 Å². The largest absolute Gasteiger partial charge is 0.480 e. The molecule has 7 heteroatoms. The van der Waals surface area contributed by atoms with Crippen LogP contribution in [0.3, 0.4) is 0 Å². The van der Waals surface area contributed by atoms with Gasteiger partial charge in [-0.2, -0.15) is 5.10 Å². The van der Waals surface area contributed by atoms with Gasteiger partial charge in [-0.25, -0.2) is 9.99 Å². The van der Waals surface area contributed by atoms with E-state index in [4.69, 9.17) is 27.9 Å². The maximum atomic E-state index is 12.6. The number of carbonyl (C=O) groups is 1. The average Bonchev–Trinajstić information content (AvgIpc) is 3.18. The van der Waals surface area contributed by atoms with Crippen LogP contribution >= 0.6 is 23.2 Å². The number of halogens is 2. The van der Waals surface area contributed by atoms with E-state index in [2.05, 4.69) is 10.1 Å².